The van der Waals surface area contributed by atoms with Crippen LogP contribution in [0.5, 0.6) is 0 Å². The molecule has 1 aromatic heterocycles. The first-order valence-electron chi connectivity index (χ1n) is 7.56. The molecule has 0 bridgehead atoms. The number of rotatable bonds is 8. The number of aromatic nitrogens is 3. The highest BCUT2D eigenvalue weighted by Crippen LogP contribution is 2.08. The molecule has 1 N–H and O–H groups in total. The highest BCUT2D eigenvalue weighted by molar-refractivity contribution is 4.90. The number of hydrogen-bond acceptors (Lipinski definition) is 5. The number of aryl methyl sites for hydroxylation is 1. The molecular weight excluding hydrogens is 256 g/mol. The second kappa shape index (κ2) is 9.85. The van der Waals surface area contributed by atoms with Gasteiger partial charge in [-0.2, -0.15) is 0 Å². The summed E-state index contributed by atoms with van der Waals surface area (Å²) in [4.78, 5) is 0. The smallest absolute Gasteiger partial charge is 0.108 e. The van der Waals surface area contributed by atoms with Crippen LogP contribution < -0.4 is 5.32 Å². The third-order valence-electron chi connectivity index (χ3n) is 2.78. The largest absolute Gasteiger partial charge is 0.376 e. The first-order chi connectivity index (χ1) is 9.74. The zero-order valence-electron chi connectivity index (χ0n) is 13.1. The molecule has 1 fully saturated rings. The quantitative estimate of drug-likeness (QED) is 0.735. The first-order valence-corrected chi connectivity index (χ1v) is 7.56. The second-order valence-corrected chi connectivity index (χ2v) is 4.91. The average molecular weight is 284 g/mol. The number of nitrogens with one attached hydrogen (secondary N) is 1. The van der Waals surface area contributed by atoms with Crippen LogP contribution in [0.3, 0.4) is 0 Å². The fourth-order valence-corrected chi connectivity index (χ4v) is 1.66. The van der Waals surface area contributed by atoms with Crippen molar-refractivity contribution in [1.82, 2.24) is 20.3 Å². The monoisotopic (exact) mass is 284 g/mol. The summed E-state index contributed by atoms with van der Waals surface area (Å²) in [6.45, 7) is 12.1. The minimum atomic E-state index is 0.241. The molecule has 1 saturated heterocycles. The molecule has 0 atom stereocenters. The molecule has 0 unspecified atom stereocenters. The van der Waals surface area contributed by atoms with Crippen LogP contribution in [0.15, 0.2) is 6.20 Å². The van der Waals surface area contributed by atoms with Crippen LogP contribution in [-0.4, -0.2) is 46.9 Å². The van der Waals surface area contributed by atoms with E-state index in [1.807, 2.05) is 24.7 Å². The van der Waals surface area contributed by atoms with Crippen molar-refractivity contribution in [2.24, 2.45) is 0 Å². The van der Waals surface area contributed by atoms with Crippen LogP contribution in [0.25, 0.3) is 0 Å². The fraction of sp³-hybridized carbons (Fsp3) is 0.857. The van der Waals surface area contributed by atoms with Crippen molar-refractivity contribution in [3.8, 4) is 0 Å². The number of ether oxygens (including phenoxy) is 2. The van der Waals surface area contributed by atoms with Gasteiger partial charge in [0, 0.05) is 12.6 Å². The Labute approximate surface area is 121 Å². The van der Waals surface area contributed by atoms with E-state index in [1.54, 1.807) is 0 Å². The van der Waals surface area contributed by atoms with Crippen LogP contribution in [0.2, 0.25) is 0 Å². The summed E-state index contributed by atoms with van der Waals surface area (Å²) in [7, 11) is 0. The molecule has 1 aromatic rings. The number of hydrogen-bond donors (Lipinski definition) is 1. The van der Waals surface area contributed by atoms with Crippen LogP contribution >= 0.6 is 0 Å². The van der Waals surface area contributed by atoms with Crippen molar-refractivity contribution in [2.45, 2.75) is 59.4 Å². The molecule has 0 amide bonds. The third-order valence-corrected chi connectivity index (χ3v) is 2.78. The van der Waals surface area contributed by atoms with Crippen molar-refractivity contribution in [1.29, 1.82) is 0 Å². The van der Waals surface area contributed by atoms with E-state index in [1.165, 1.54) is 0 Å². The van der Waals surface area contributed by atoms with Gasteiger partial charge in [-0.05, 0) is 13.0 Å². The molecule has 2 heterocycles. The lowest BCUT2D eigenvalue weighted by atomic mass is 10.3. The van der Waals surface area contributed by atoms with E-state index in [0.717, 1.165) is 25.2 Å². The molecule has 1 aliphatic rings. The van der Waals surface area contributed by atoms with E-state index in [2.05, 4.69) is 29.5 Å². The van der Waals surface area contributed by atoms with Gasteiger partial charge in [-0.15, -0.1) is 5.10 Å². The lowest BCUT2D eigenvalue weighted by Crippen LogP contribution is -2.35. The summed E-state index contributed by atoms with van der Waals surface area (Å²) in [5.41, 5.74) is 0.888. The molecule has 116 valence electrons. The molecule has 1 aliphatic heterocycles. The fourth-order valence-electron chi connectivity index (χ4n) is 1.66. The van der Waals surface area contributed by atoms with Crippen molar-refractivity contribution in [3.63, 3.8) is 0 Å². The Morgan fingerprint density at radius 3 is 2.80 bits per heavy atom. The van der Waals surface area contributed by atoms with E-state index >= 15 is 0 Å². The summed E-state index contributed by atoms with van der Waals surface area (Å²) in [6.07, 6.45) is 3.25. The SMILES string of the molecule is CC.CC(C)NCCCn1cc(COC2COC2)nn1. The molecule has 6 heteroatoms. The topological polar surface area (TPSA) is 61.2 Å². The van der Waals surface area contributed by atoms with Gasteiger partial charge >= 0.3 is 0 Å². The van der Waals surface area contributed by atoms with Gasteiger partial charge in [-0.3, -0.25) is 4.68 Å². The maximum atomic E-state index is 5.58. The third kappa shape index (κ3) is 6.45. The van der Waals surface area contributed by atoms with Gasteiger partial charge in [0.2, 0.25) is 0 Å². The predicted molar refractivity (Wildman–Crippen MR) is 78.5 cm³/mol. The Morgan fingerprint density at radius 1 is 1.45 bits per heavy atom. The molecule has 0 spiro atoms. The standard InChI is InChI=1S/C12H22N4O2.C2H6/c1-10(2)13-4-3-5-16-6-11(14-15-16)7-18-12-8-17-9-12;1-2/h6,10,12-13H,3-5,7-9H2,1-2H3;1-2H3. The second-order valence-electron chi connectivity index (χ2n) is 4.91. The number of nitrogens with zero attached hydrogens (tertiary/aromatic N) is 3. The zero-order chi connectivity index (χ0) is 14.8. The molecule has 0 radical (unpaired) electrons. The summed E-state index contributed by atoms with van der Waals surface area (Å²) in [5.74, 6) is 0. The van der Waals surface area contributed by atoms with E-state index in [0.29, 0.717) is 25.9 Å². The lowest BCUT2D eigenvalue weighted by Gasteiger charge is -2.25. The van der Waals surface area contributed by atoms with Gasteiger partial charge in [-0.25, -0.2) is 0 Å². The molecule has 20 heavy (non-hydrogen) atoms. The Hall–Kier alpha value is -0.980. The molecule has 2 rings (SSSR count). The maximum absolute atomic E-state index is 5.58. The van der Waals surface area contributed by atoms with Gasteiger partial charge in [0.05, 0.1) is 26.0 Å². The Kier molecular flexibility index (Phi) is 8.41. The van der Waals surface area contributed by atoms with Crippen molar-refractivity contribution in [3.05, 3.63) is 11.9 Å². The molecule has 0 saturated carbocycles. The van der Waals surface area contributed by atoms with Gasteiger partial charge < -0.3 is 14.8 Å². The molecule has 0 aliphatic carbocycles. The Morgan fingerprint density at radius 2 is 2.20 bits per heavy atom. The summed E-state index contributed by atoms with van der Waals surface area (Å²) < 4.78 is 12.5. The summed E-state index contributed by atoms with van der Waals surface area (Å²) in [5, 5.41) is 11.5. The van der Waals surface area contributed by atoms with E-state index in [4.69, 9.17) is 9.47 Å². The normalized spacial score (nSPS) is 14.8. The minimum Gasteiger partial charge on any atom is -0.376 e. The maximum Gasteiger partial charge on any atom is 0.108 e. The minimum absolute atomic E-state index is 0.241. The molecule has 6 nitrogen and oxygen atoms in total. The van der Waals surface area contributed by atoms with Gasteiger partial charge in [0.15, 0.2) is 0 Å². The van der Waals surface area contributed by atoms with Gasteiger partial charge in [0.1, 0.15) is 11.8 Å². The predicted octanol–water partition coefficient (Wildman–Crippen LogP) is 1.61. The lowest BCUT2D eigenvalue weighted by molar-refractivity contribution is -0.135. The highest BCUT2D eigenvalue weighted by Gasteiger charge is 2.19. The average Bonchev–Trinajstić information content (AvgIpc) is 2.83. The summed E-state index contributed by atoms with van der Waals surface area (Å²) in [6, 6.07) is 0.536. The van der Waals surface area contributed by atoms with Crippen LogP contribution in [0.1, 0.15) is 39.8 Å². The van der Waals surface area contributed by atoms with Crippen LogP contribution in [0.4, 0.5) is 0 Å². The van der Waals surface area contributed by atoms with Crippen molar-refractivity contribution < 1.29 is 9.47 Å². The molecular formula is C14H28N4O2. The van der Waals surface area contributed by atoms with Crippen LogP contribution in [0, 0.1) is 0 Å². The van der Waals surface area contributed by atoms with Crippen molar-refractivity contribution in [2.75, 3.05) is 19.8 Å². The Bertz CT molecular complexity index is 351. The highest BCUT2D eigenvalue weighted by atomic mass is 16.6. The zero-order valence-corrected chi connectivity index (χ0v) is 13.1. The molecule has 0 aromatic carbocycles. The van der Waals surface area contributed by atoms with E-state index in [-0.39, 0.29) is 6.10 Å². The van der Waals surface area contributed by atoms with E-state index < -0.39 is 0 Å². The Balaban J connectivity index is 0.000000956. The van der Waals surface area contributed by atoms with E-state index in [9.17, 15) is 0 Å². The first kappa shape index (κ1) is 17.1. The van der Waals surface area contributed by atoms with Crippen molar-refractivity contribution >= 4 is 0 Å². The summed E-state index contributed by atoms with van der Waals surface area (Å²) >= 11 is 0. The van der Waals surface area contributed by atoms with Gasteiger partial charge in [-0.1, -0.05) is 32.9 Å². The van der Waals surface area contributed by atoms with Crippen LogP contribution in [-0.2, 0) is 22.6 Å². The van der Waals surface area contributed by atoms with Gasteiger partial charge in [0.25, 0.3) is 0 Å².